The van der Waals surface area contributed by atoms with E-state index in [0.717, 1.165) is 23.1 Å². The molecule has 1 N–H and O–H groups in total. The number of rotatable bonds is 5. The van der Waals surface area contributed by atoms with Crippen LogP contribution in [0, 0.1) is 12.8 Å². The summed E-state index contributed by atoms with van der Waals surface area (Å²) in [7, 11) is 0. The van der Waals surface area contributed by atoms with Gasteiger partial charge in [-0.15, -0.1) is 0 Å². The largest absolute Gasteiger partial charge is 0.441 e. The Morgan fingerprint density at radius 2 is 2.21 bits per heavy atom. The standard InChI is InChI=1S/C15H20N2O2/c1-10(2)8-15(18)16-7-6-12-4-5-14-13(9-12)17-11(3)19-14/h4-5,9-10H,6-8H2,1-3H3,(H,16,18). The number of carbonyl (C=O) groups is 1. The number of fused-ring (bicyclic) bond motifs is 1. The first-order valence-electron chi connectivity index (χ1n) is 6.67. The summed E-state index contributed by atoms with van der Waals surface area (Å²) < 4.78 is 5.43. The van der Waals surface area contributed by atoms with E-state index < -0.39 is 0 Å². The zero-order valence-electron chi connectivity index (χ0n) is 11.7. The maximum absolute atomic E-state index is 11.5. The Labute approximate surface area is 113 Å². The second-order valence-electron chi connectivity index (χ2n) is 5.23. The summed E-state index contributed by atoms with van der Waals surface area (Å²) in [5, 5.41) is 2.93. The lowest BCUT2D eigenvalue weighted by Crippen LogP contribution is -2.26. The smallest absolute Gasteiger partial charge is 0.220 e. The molecule has 0 atom stereocenters. The highest BCUT2D eigenvalue weighted by molar-refractivity contribution is 5.76. The Balaban J connectivity index is 1.89. The summed E-state index contributed by atoms with van der Waals surface area (Å²) in [6.07, 6.45) is 1.40. The number of benzene rings is 1. The molecule has 1 aromatic heterocycles. The lowest BCUT2D eigenvalue weighted by molar-refractivity contribution is -0.121. The number of hydrogen-bond donors (Lipinski definition) is 1. The third-order valence-electron chi connectivity index (χ3n) is 2.89. The molecule has 4 nitrogen and oxygen atoms in total. The van der Waals surface area contributed by atoms with Gasteiger partial charge in [0.2, 0.25) is 5.91 Å². The van der Waals surface area contributed by atoms with E-state index in [9.17, 15) is 4.79 Å². The maximum Gasteiger partial charge on any atom is 0.220 e. The minimum Gasteiger partial charge on any atom is -0.441 e. The van der Waals surface area contributed by atoms with Gasteiger partial charge in [0.25, 0.3) is 0 Å². The third kappa shape index (κ3) is 3.81. The van der Waals surface area contributed by atoms with E-state index in [-0.39, 0.29) is 5.91 Å². The van der Waals surface area contributed by atoms with Crippen molar-refractivity contribution in [1.29, 1.82) is 0 Å². The molecule has 0 aliphatic carbocycles. The monoisotopic (exact) mass is 260 g/mol. The van der Waals surface area contributed by atoms with Crippen LogP contribution in [0.2, 0.25) is 0 Å². The van der Waals surface area contributed by atoms with E-state index in [2.05, 4.69) is 10.3 Å². The lowest BCUT2D eigenvalue weighted by atomic mass is 10.1. The third-order valence-corrected chi connectivity index (χ3v) is 2.89. The van der Waals surface area contributed by atoms with Crippen molar-refractivity contribution in [2.45, 2.75) is 33.6 Å². The molecule has 0 radical (unpaired) electrons. The van der Waals surface area contributed by atoms with Gasteiger partial charge in [0, 0.05) is 19.9 Å². The molecular weight excluding hydrogens is 240 g/mol. The average molecular weight is 260 g/mol. The number of amides is 1. The molecule has 0 saturated heterocycles. The average Bonchev–Trinajstić information content (AvgIpc) is 2.67. The molecule has 1 aromatic carbocycles. The number of oxazole rings is 1. The van der Waals surface area contributed by atoms with Gasteiger partial charge in [0.05, 0.1) is 0 Å². The minimum atomic E-state index is 0.119. The Hall–Kier alpha value is -1.84. The van der Waals surface area contributed by atoms with Crippen molar-refractivity contribution in [3.8, 4) is 0 Å². The van der Waals surface area contributed by atoms with E-state index in [0.29, 0.717) is 24.8 Å². The van der Waals surface area contributed by atoms with Crippen molar-refractivity contribution in [2.24, 2.45) is 5.92 Å². The van der Waals surface area contributed by atoms with Crippen molar-refractivity contribution >= 4 is 17.0 Å². The zero-order chi connectivity index (χ0) is 13.8. The first-order chi connectivity index (χ1) is 9.04. The van der Waals surface area contributed by atoms with Crippen LogP contribution in [0.4, 0.5) is 0 Å². The summed E-state index contributed by atoms with van der Waals surface area (Å²) in [4.78, 5) is 15.8. The van der Waals surface area contributed by atoms with Gasteiger partial charge in [0.15, 0.2) is 11.5 Å². The molecule has 4 heteroatoms. The van der Waals surface area contributed by atoms with Crippen LogP contribution in [0.15, 0.2) is 22.6 Å². The Morgan fingerprint density at radius 3 is 2.95 bits per heavy atom. The first-order valence-corrected chi connectivity index (χ1v) is 6.67. The molecule has 102 valence electrons. The summed E-state index contributed by atoms with van der Waals surface area (Å²) in [5.74, 6) is 1.19. The fourth-order valence-corrected chi connectivity index (χ4v) is 2.03. The van der Waals surface area contributed by atoms with Crippen LogP contribution < -0.4 is 5.32 Å². The lowest BCUT2D eigenvalue weighted by Gasteiger charge is -2.07. The molecule has 0 aliphatic heterocycles. The number of aryl methyl sites for hydroxylation is 1. The van der Waals surface area contributed by atoms with Gasteiger partial charge >= 0.3 is 0 Å². The van der Waals surface area contributed by atoms with Crippen molar-refractivity contribution < 1.29 is 9.21 Å². The number of aromatic nitrogens is 1. The van der Waals surface area contributed by atoms with Crippen LogP contribution in [0.1, 0.15) is 31.7 Å². The second-order valence-corrected chi connectivity index (χ2v) is 5.23. The minimum absolute atomic E-state index is 0.119. The SMILES string of the molecule is Cc1nc2cc(CCNC(=O)CC(C)C)ccc2o1. The predicted octanol–water partition coefficient (Wildman–Crippen LogP) is 2.84. The fourth-order valence-electron chi connectivity index (χ4n) is 2.03. The van der Waals surface area contributed by atoms with Gasteiger partial charge in [-0.1, -0.05) is 19.9 Å². The van der Waals surface area contributed by atoms with E-state index >= 15 is 0 Å². The van der Waals surface area contributed by atoms with Gasteiger partial charge in [-0.3, -0.25) is 4.79 Å². The Morgan fingerprint density at radius 1 is 1.42 bits per heavy atom. The maximum atomic E-state index is 11.5. The Kier molecular flexibility index (Phi) is 4.20. The summed E-state index contributed by atoms with van der Waals surface area (Å²) in [6, 6.07) is 5.96. The highest BCUT2D eigenvalue weighted by atomic mass is 16.3. The summed E-state index contributed by atoms with van der Waals surface area (Å²) in [6.45, 7) is 6.58. The fraction of sp³-hybridized carbons (Fsp3) is 0.467. The van der Waals surface area contributed by atoms with Crippen LogP contribution in [0.25, 0.3) is 11.1 Å². The molecule has 0 aliphatic rings. The molecule has 0 saturated carbocycles. The number of nitrogens with one attached hydrogen (secondary N) is 1. The van der Waals surface area contributed by atoms with Gasteiger partial charge in [-0.05, 0) is 30.0 Å². The van der Waals surface area contributed by atoms with E-state index in [1.165, 1.54) is 0 Å². The molecule has 2 aromatic rings. The molecule has 19 heavy (non-hydrogen) atoms. The van der Waals surface area contributed by atoms with Crippen LogP contribution >= 0.6 is 0 Å². The quantitative estimate of drug-likeness (QED) is 0.899. The van der Waals surface area contributed by atoms with Gasteiger partial charge in [-0.2, -0.15) is 0 Å². The highest BCUT2D eigenvalue weighted by Crippen LogP contribution is 2.16. The number of hydrogen-bond acceptors (Lipinski definition) is 3. The molecule has 0 spiro atoms. The topological polar surface area (TPSA) is 55.1 Å². The van der Waals surface area contributed by atoms with E-state index in [1.54, 1.807) is 0 Å². The Bertz CT molecular complexity index is 573. The molecule has 1 heterocycles. The van der Waals surface area contributed by atoms with Crippen LogP contribution in [-0.2, 0) is 11.2 Å². The van der Waals surface area contributed by atoms with E-state index in [4.69, 9.17) is 4.42 Å². The zero-order valence-corrected chi connectivity index (χ0v) is 11.7. The normalized spacial score (nSPS) is 11.2. The van der Waals surface area contributed by atoms with Crippen molar-refractivity contribution in [2.75, 3.05) is 6.54 Å². The van der Waals surface area contributed by atoms with Crippen LogP contribution in [-0.4, -0.2) is 17.4 Å². The summed E-state index contributed by atoms with van der Waals surface area (Å²) >= 11 is 0. The van der Waals surface area contributed by atoms with Crippen molar-refractivity contribution in [3.63, 3.8) is 0 Å². The molecule has 2 rings (SSSR count). The highest BCUT2D eigenvalue weighted by Gasteiger charge is 2.05. The molecule has 1 amide bonds. The van der Waals surface area contributed by atoms with Gasteiger partial charge < -0.3 is 9.73 Å². The van der Waals surface area contributed by atoms with Crippen LogP contribution in [0.5, 0.6) is 0 Å². The molecule has 0 unspecified atom stereocenters. The van der Waals surface area contributed by atoms with E-state index in [1.807, 2.05) is 39.0 Å². The molecular formula is C15H20N2O2. The van der Waals surface area contributed by atoms with Crippen LogP contribution in [0.3, 0.4) is 0 Å². The molecule has 0 fully saturated rings. The second kappa shape index (κ2) is 5.87. The number of nitrogens with zero attached hydrogens (tertiary/aromatic N) is 1. The number of carbonyl (C=O) groups excluding carboxylic acids is 1. The van der Waals surface area contributed by atoms with Crippen molar-refractivity contribution in [3.05, 3.63) is 29.7 Å². The molecule has 0 bridgehead atoms. The predicted molar refractivity (Wildman–Crippen MR) is 74.9 cm³/mol. The van der Waals surface area contributed by atoms with Gasteiger partial charge in [-0.25, -0.2) is 4.98 Å². The van der Waals surface area contributed by atoms with Gasteiger partial charge in [0.1, 0.15) is 5.52 Å². The summed E-state index contributed by atoms with van der Waals surface area (Å²) in [5.41, 5.74) is 2.85. The van der Waals surface area contributed by atoms with Crippen molar-refractivity contribution in [1.82, 2.24) is 10.3 Å². The first kappa shape index (κ1) is 13.6.